The SMILES string of the molecule is COc1ccc(CC(C)NC(O)c2cc3[nH]nc(-c4ccccn4)n3n2)cc1-c1n[nH]c2cc(C(C)(C)C)nn12. The van der Waals surface area contributed by atoms with Crippen LogP contribution in [0.5, 0.6) is 5.75 Å². The summed E-state index contributed by atoms with van der Waals surface area (Å²) < 4.78 is 9.13. The number of hydrogen-bond acceptors (Lipinski definition) is 8. The lowest BCUT2D eigenvalue weighted by Gasteiger charge is -2.18. The summed E-state index contributed by atoms with van der Waals surface area (Å²) in [5.41, 5.74) is 5.44. The van der Waals surface area contributed by atoms with Crippen molar-refractivity contribution in [3.05, 3.63) is 71.7 Å². The van der Waals surface area contributed by atoms with Crippen molar-refractivity contribution in [2.75, 3.05) is 7.11 Å². The van der Waals surface area contributed by atoms with E-state index in [4.69, 9.17) is 9.84 Å². The van der Waals surface area contributed by atoms with Crippen LogP contribution in [0.25, 0.3) is 34.2 Å². The first-order valence-corrected chi connectivity index (χ1v) is 13.1. The number of nitrogens with one attached hydrogen (secondary N) is 3. The summed E-state index contributed by atoms with van der Waals surface area (Å²) >= 11 is 0. The minimum Gasteiger partial charge on any atom is -0.496 e. The Morgan fingerprint density at radius 2 is 1.73 bits per heavy atom. The molecule has 0 aliphatic rings. The van der Waals surface area contributed by atoms with Gasteiger partial charge in [-0.1, -0.05) is 32.9 Å². The van der Waals surface area contributed by atoms with Crippen LogP contribution in [0.2, 0.25) is 0 Å². The molecule has 12 heteroatoms. The number of ether oxygens (including phenoxy) is 1. The van der Waals surface area contributed by atoms with Gasteiger partial charge in [0.1, 0.15) is 23.4 Å². The zero-order valence-corrected chi connectivity index (χ0v) is 23.0. The smallest absolute Gasteiger partial charge is 0.201 e. The van der Waals surface area contributed by atoms with Crippen molar-refractivity contribution in [2.24, 2.45) is 0 Å². The summed E-state index contributed by atoms with van der Waals surface area (Å²) in [5, 5.41) is 38.4. The maximum atomic E-state index is 10.9. The van der Waals surface area contributed by atoms with Crippen LogP contribution in [-0.4, -0.2) is 62.9 Å². The third-order valence-electron chi connectivity index (χ3n) is 6.82. The average Bonchev–Trinajstić information content (AvgIpc) is 3.69. The van der Waals surface area contributed by atoms with Gasteiger partial charge >= 0.3 is 0 Å². The molecular formula is C28H32N10O2. The molecule has 0 spiro atoms. The first-order valence-electron chi connectivity index (χ1n) is 13.1. The molecule has 0 aliphatic carbocycles. The zero-order valence-electron chi connectivity index (χ0n) is 23.0. The Kier molecular flexibility index (Phi) is 6.35. The van der Waals surface area contributed by atoms with Crippen molar-refractivity contribution in [3.63, 3.8) is 0 Å². The molecule has 0 saturated heterocycles. The monoisotopic (exact) mass is 540 g/mol. The summed E-state index contributed by atoms with van der Waals surface area (Å²) in [6.45, 7) is 8.41. The number of aliphatic hydroxyl groups is 1. The molecule has 5 aromatic heterocycles. The van der Waals surface area contributed by atoms with Gasteiger partial charge < -0.3 is 9.84 Å². The molecule has 0 radical (unpaired) electrons. The standard InChI is InChI=1S/C28H32N10O2/c1-16(30-27(39)20-14-23-31-34-26(38(23)35-20)19-8-6-7-11-29-19)12-17-9-10-21(40-5)18(13-17)25-33-32-24-15-22(28(2,3)4)36-37(24)25/h6-11,13-16,27,30-32,39H,12H2,1-5H3. The van der Waals surface area contributed by atoms with Crippen LogP contribution in [0.3, 0.4) is 0 Å². The molecule has 0 amide bonds. The molecule has 1 aromatic carbocycles. The lowest BCUT2D eigenvalue weighted by molar-refractivity contribution is 0.121. The summed E-state index contributed by atoms with van der Waals surface area (Å²) in [5.74, 6) is 1.96. The number of aromatic amines is 2. The molecule has 206 valence electrons. The molecule has 2 unspecified atom stereocenters. The van der Waals surface area contributed by atoms with Gasteiger partial charge in [0, 0.05) is 29.8 Å². The second-order valence-corrected chi connectivity index (χ2v) is 11.0. The number of aliphatic hydroxyl groups excluding tert-OH is 1. The highest BCUT2D eigenvalue weighted by molar-refractivity contribution is 5.67. The van der Waals surface area contributed by atoms with Gasteiger partial charge in [0.15, 0.2) is 17.1 Å². The number of methoxy groups -OCH3 is 1. The van der Waals surface area contributed by atoms with E-state index in [0.717, 1.165) is 22.5 Å². The Balaban J connectivity index is 1.21. The second-order valence-electron chi connectivity index (χ2n) is 11.0. The molecule has 0 saturated carbocycles. The second kappa shape index (κ2) is 9.88. The number of rotatable bonds is 8. The molecule has 0 fully saturated rings. The summed E-state index contributed by atoms with van der Waals surface area (Å²) in [6, 6.07) is 15.3. The van der Waals surface area contributed by atoms with Gasteiger partial charge in [-0.25, -0.2) is 0 Å². The number of pyridine rings is 1. The normalized spacial score (nSPS) is 13.8. The van der Waals surface area contributed by atoms with Gasteiger partial charge in [0.2, 0.25) is 5.82 Å². The van der Waals surface area contributed by atoms with Crippen LogP contribution in [0.4, 0.5) is 0 Å². The third kappa shape index (κ3) is 4.71. The highest BCUT2D eigenvalue weighted by atomic mass is 16.5. The Labute approximate surface area is 230 Å². The minimum absolute atomic E-state index is 0.0685. The first-order chi connectivity index (χ1) is 19.2. The highest BCUT2D eigenvalue weighted by Gasteiger charge is 2.23. The molecule has 40 heavy (non-hydrogen) atoms. The fourth-order valence-corrected chi connectivity index (χ4v) is 4.74. The maximum absolute atomic E-state index is 10.9. The van der Waals surface area contributed by atoms with Gasteiger partial charge in [0.05, 0.1) is 18.4 Å². The number of fused-ring (bicyclic) bond motifs is 2. The molecule has 0 aliphatic heterocycles. The third-order valence-corrected chi connectivity index (χ3v) is 6.82. The van der Waals surface area contributed by atoms with E-state index in [9.17, 15) is 5.11 Å². The maximum Gasteiger partial charge on any atom is 0.201 e. The fraction of sp³-hybridized carbons (Fsp3) is 0.321. The summed E-state index contributed by atoms with van der Waals surface area (Å²) in [4.78, 5) is 4.34. The van der Waals surface area contributed by atoms with Crippen LogP contribution in [0.1, 0.15) is 50.9 Å². The van der Waals surface area contributed by atoms with E-state index in [-0.39, 0.29) is 11.5 Å². The van der Waals surface area contributed by atoms with Crippen molar-refractivity contribution >= 4 is 11.3 Å². The average molecular weight is 541 g/mol. The highest BCUT2D eigenvalue weighted by Crippen LogP contribution is 2.32. The van der Waals surface area contributed by atoms with Gasteiger partial charge in [-0.15, -0.1) is 0 Å². The van der Waals surface area contributed by atoms with Crippen molar-refractivity contribution < 1.29 is 9.84 Å². The molecule has 12 nitrogen and oxygen atoms in total. The Bertz CT molecular complexity index is 1770. The molecule has 5 heterocycles. The number of hydrogen-bond donors (Lipinski definition) is 4. The predicted molar refractivity (Wildman–Crippen MR) is 150 cm³/mol. The fourth-order valence-electron chi connectivity index (χ4n) is 4.74. The molecule has 4 N–H and O–H groups in total. The van der Waals surface area contributed by atoms with E-state index in [0.29, 0.717) is 40.9 Å². The molecule has 6 aromatic rings. The van der Waals surface area contributed by atoms with E-state index in [2.05, 4.69) is 62.6 Å². The van der Waals surface area contributed by atoms with Crippen LogP contribution in [0, 0.1) is 0 Å². The van der Waals surface area contributed by atoms with Crippen molar-refractivity contribution in [1.29, 1.82) is 0 Å². The number of aromatic nitrogens is 9. The van der Waals surface area contributed by atoms with Gasteiger partial charge in [-0.3, -0.25) is 20.5 Å². The van der Waals surface area contributed by atoms with Gasteiger partial charge in [0.25, 0.3) is 0 Å². The van der Waals surface area contributed by atoms with E-state index in [1.54, 1.807) is 23.9 Å². The predicted octanol–water partition coefficient (Wildman–Crippen LogP) is 3.68. The van der Waals surface area contributed by atoms with Crippen LogP contribution in [-0.2, 0) is 11.8 Å². The van der Waals surface area contributed by atoms with E-state index >= 15 is 0 Å². The van der Waals surface area contributed by atoms with E-state index in [1.165, 1.54) is 0 Å². The summed E-state index contributed by atoms with van der Waals surface area (Å²) in [7, 11) is 1.65. The quantitative estimate of drug-likeness (QED) is 0.214. The van der Waals surface area contributed by atoms with Crippen molar-refractivity contribution in [1.82, 2.24) is 49.9 Å². The van der Waals surface area contributed by atoms with E-state index < -0.39 is 6.23 Å². The number of nitrogens with zero attached hydrogens (tertiary/aromatic N) is 7. The van der Waals surface area contributed by atoms with Gasteiger partial charge in [-0.2, -0.15) is 29.4 Å². The van der Waals surface area contributed by atoms with Crippen molar-refractivity contribution in [3.8, 4) is 28.7 Å². The van der Waals surface area contributed by atoms with Gasteiger partial charge in [-0.05, 0) is 43.2 Å². The Morgan fingerprint density at radius 3 is 2.45 bits per heavy atom. The molecule has 0 bridgehead atoms. The molecule has 6 rings (SSSR count). The Hall–Kier alpha value is -4.55. The van der Waals surface area contributed by atoms with Crippen molar-refractivity contribution in [2.45, 2.75) is 51.8 Å². The lowest BCUT2D eigenvalue weighted by Crippen LogP contribution is -2.32. The van der Waals surface area contributed by atoms with E-state index in [1.807, 2.05) is 47.8 Å². The lowest BCUT2D eigenvalue weighted by atomic mass is 9.93. The minimum atomic E-state index is -0.969. The topological polar surface area (TPSA) is 146 Å². The summed E-state index contributed by atoms with van der Waals surface area (Å²) in [6.07, 6.45) is 1.39. The van der Waals surface area contributed by atoms with Crippen LogP contribution < -0.4 is 10.1 Å². The first kappa shape index (κ1) is 25.7. The van der Waals surface area contributed by atoms with Crippen LogP contribution in [0.15, 0.2) is 54.7 Å². The Morgan fingerprint density at radius 1 is 0.975 bits per heavy atom. The zero-order chi connectivity index (χ0) is 28.0. The number of H-pyrrole nitrogens is 2. The van der Waals surface area contributed by atoms with Crippen LogP contribution >= 0.6 is 0 Å². The number of benzene rings is 1. The largest absolute Gasteiger partial charge is 0.496 e. The molecular weight excluding hydrogens is 508 g/mol. The molecule has 2 atom stereocenters.